The molecule has 2 aromatic carbocycles. The molecule has 0 saturated heterocycles. The Labute approximate surface area is 169 Å². The molecular weight excluding hydrogens is 434 g/mol. The van der Waals surface area contributed by atoms with Crippen molar-refractivity contribution in [2.24, 2.45) is 0 Å². The second kappa shape index (κ2) is 9.84. The molecule has 2 rings (SSSR count). The molecule has 0 N–H and O–H groups in total. The van der Waals surface area contributed by atoms with E-state index in [-0.39, 0.29) is 16.8 Å². The summed E-state index contributed by atoms with van der Waals surface area (Å²) in [6.45, 7) is 3.94. The molecular formula is C19H18BrNO7. The smallest absolute Gasteiger partial charge is 0.338 e. The topological polar surface area (TPSA) is 105 Å². The lowest BCUT2D eigenvalue weighted by molar-refractivity contribution is -0.384. The summed E-state index contributed by atoms with van der Waals surface area (Å²) >= 11 is 3.34. The largest absolute Gasteiger partial charge is 0.490 e. The minimum atomic E-state index is -0.708. The maximum absolute atomic E-state index is 12.3. The van der Waals surface area contributed by atoms with Gasteiger partial charge in [0.05, 0.1) is 28.2 Å². The second-order valence-corrected chi connectivity index (χ2v) is 6.31. The average Bonchev–Trinajstić information content (AvgIpc) is 2.68. The molecule has 0 saturated carbocycles. The molecule has 0 spiro atoms. The number of nitro groups is 1. The van der Waals surface area contributed by atoms with Crippen molar-refractivity contribution >= 4 is 33.4 Å². The van der Waals surface area contributed by atoms with Crippen molar-refractivity contribution in [1.29, 1.82) is 0 Å². The van der Waals surface area contributed by atoms with E-state index >= 15 is 0 Å². The van der Waals surface area contributed by atoms with Crippen LogP contribution in [0.15, 0.2) is 40.9 Å². The van der Waals surface area contributed by atoms with Crippen LogP contribution in [-0.4, -0.2) is 36.5 Å². The average molecular weight is 452 g/mol. The molecule has 2 aromatic rings. The number of carbonyl (C=O) groups is 2. The number of nitrogens with zero attached hydrogens (tertiary/aromatic N) is 1. The minimum absolute atomic E-state index is 0.128. The fraction of sp³-hybridized carbons (Fsp3) is 0.263. The summed E-state index contributed by atoms with van der Waals surface area (Å²) in [5, 5.41) is 10.6. The summed E-state index contributed by atoms with van der Waals surface area (Å²) in [4.78, 5) is 34.5. The van der Waals surface area contributed by atoms with Gasteiger partial charge >= 0.3 is 5.97 Å². The van der Waals surface area contributed by atoms with Gasteiger partial charge in [-0.1, -0.05) is 0 Å². The Balaban J connectivity index is 2.09. The van der Waals surface area contributed by atoms with E-state index in [0.29, 0.717) is 29.2 Å². The van der Waals surface area contributed by atoms with Crippen molar-refractivity contribution in [2.75, 3.05) is 19.8 Å². The van der Waals surface area contributed by atoms with E-state index in [9.17, 15) is 19.7 Å². The van der Waals surface area contributed by atoms with Crippen LogP contribution in [0.2, 0.25) is 0 Å². The quantitative estimate of drug-likeness (QED) is 0.243. The van der Waals surface area contributed by atoms with Gasteiger partial charge in [-0.2, -0.15) is 0 Å². The summed E-state index contributed by atoms with van der Waals surface area (Å²) in [6.07, 6.45) is 0. The number of rotatable bonds is 9. The molecule has 28 heavy (non-hydrogen) atoms. The molecule has 0 radical (unpaired) electrons. The Kier molecular flexibility index (Phi) is 7.51. The molecule has 9 heteroatoms. The third-order valence-corrected chi connectivity index (χ3v) is 4.16. The Bertz CT molecular complexity index is 881. The van der Waals surface area contributed by atoms with E-state index < -0.39 is 23.3 Å². The Morgan fingerprint density at radius 1 is 1.04 bits per heavy atom. The molecule has 148 valence electrons. The zero-order chi connectivity index (χ0) is 20.7. The lowest BCUT2D eigenvalue weighted by atomic mass is 10.1. The zero-order valence-corrected chi connectivity index (χ0v) is 16.9. The predicted molar refractivity (Wildman–Crippen MR) is 104 cm³/mol. The maximum Gasteiger partial charge on any atom is 0.338 e. The highest BCUT2D eigenvalue weighted by Crippen LogP contribution is 2.37. The van der Waals surface area contributed by atoms with Crippen molar-refractivity contribution in [2.45, 2.75) is 13.8 Å². The minimum Gasteiger partial charge on any atom is -0.490 e. The van der Waals surface area contributed by atoms with E-state index in [1.54, 1.807) is 6.92 Å². The molecule has 0 bridgehead atoms. The van der Waals surface area contributed by atoms with Crippen LogP contribution >= 0.6 is 15.9 Å². The number of nitro benzene ring substituents is 1. The van der Waals surface area contributed by atoms with Gasteiger partial charge in [-0.05, 0) is 54.0 Å². The molecule has 0 atom stereocenters. The lowest BCUT2D eigenvalue weighted by Gasteiger charge is -2.14. The number of hydrogen-bond donors (Lipinski definition) is 0. The maximum atomic E-state index is 12.3. The third-order valence-electron chi connectivity index (χ3n) is 3.57. The van der Waals surface area contributed by atoms with Crippen LogP contribution in [0.3, 0.4) is 0 Å². The van der Waals surface area contributed by atoms with Gasteiger partial charge < -0.3 is 14.2 Å². The van der Waals surface area contributed by atoms with E-state index in [1.807, 2.05) is 6.92 Å². The standard InChI is InChI=1S/C19H18BrNO7/c1-3-26-17-10-13(9-15(20)18(17)27-4-2)19(23)28-11-16(22)12-5-7-14(8-6-12)21(24)25/h5-10H,3-4,11H2,1-2H3. The second-order valence-electron chi connectivity index (χ2n) is 5.45. The van der Waals surface area contributed by atoms with Crippen LogP contribution in [0.4, 0.5) is 5.69 Å². The van der Waals surface area contributed by atoms with Crippen LogP contribution in [0.1, 0.15) is 34.6 Å². The predicted octanol–water partition coefficient (Wildman–Crippen LogP) is 4.19. The Hall–Kier alpha value is -2.94. The zero-order valence-electron chi connectivity index (χ0n) is 15.3. The van der Waals surface area contributed by atoms with E-state index in [2.05, 4.69) is 15.9 Å². The van der Waals surface area contributed by atoms with Crippen molar-refractivity contribution in [3.63, 3.8) is 0 Å². The van der Waals surface area contributed by atoms with Gasteiger partial charge in [-0.15, -0.1) is 0 Å². The first-order valence-corrected chi connectivity index (χ1v) is 9.20. The van der Waals surface area contributed by atoms with E-state index in [4.69, 9.17) is 14.2 Å². The number of benzene rings is 2. The van der Waals surface area contributed by atoms with E-state index in [1.165, 1.54) is 36.4 Å². The van der Waals surface area contributed by atoms with Gasteiger partial charge in [-0.25, -0.2) is 4.79 Å². The number of hydrogen-bond acceptors (Lipinski definition) is 7. The van der Waals surface area contributed by atoms with Gasteiger partial charge in [0.1, 0.15) is 0 Å². The first-order chi connectivity index (χ1) is 13.4. The first-order valence-electron chi connectivity index (χ1n) is 8.41. The number of ether oxygens (including phenoxy) is 3. The fourth-order valence-corrected chi connectivity index (χ4v) is 2.86. The van der Waals surface area contributed by atoms with E-state index in [0.717, 1.165) is 0 Å². The molecule has 0 aromatic heterocycles. The van der Waals surface area contributed by atoms with Crippen molar-refractivity contribution in [1.82, 2.24) is 0 Å². The first kappa shape index (κ1) is 21.4. The van der Waals surface area contributed by atoms with Gasteiger partial charge in [0, 0.05) is 17.7 Å². The third kappa shape index (κ3) is 5.29. The molecule has 0 heterocycles. The number of ketones is 1. The molecule has 8 nitrogen and oxygen atoms in total. The van der Waals surface area contributed by atoms with Crippen LogP contribution in [0.25, 0.3) is 0 Å². The number of halogens is 1. The van der Waals surface area contributed by atoms with Gasteiger partial charge in [0.15, 0.2) is 23.9 Å². The summed E-state index contributed by atoms with van der Waals surface area (Å²) in [7, 11) is 0. The molecule has 0 fully saturated rings. The highest BCUT2D eigenvalue weighted by atomic mass is 79.9. The Morgan fingerprint density at radius 2 is 1.68 bits per heavy atom. The Morgan fingerprint density at radius 3 is 2.25 bits per heavy atom. The van der Waals surface area contributed by atoms with Crippen LogP contribution in [0.5, 0.6) is 11.5 Å². The summed E-state index contributed by atoms with van der Waals surface area (Å²) in [5.74, 6) is -0.325. The monoisotopic (exact) mass is 451 g/mol. The SMILES string of the molecule is CCOc1cc(C(=O)OCC(=O)c2ccc([N+](=O)[O-])cc2)cc(Br)c1OCC. The summed E-state index contributed by atoms with van der Waals surface area (Å²) in [6, 6.07) is 8.06. The molecule has 0 unspecified atom stereocenters. The van der Waals surface area contributed by atoms with Crippen molar-refractivity contribution in [3.05, 3.63) is 62.1 Å². The molecule has 0 aliphatic carbocycles. The fourth-order valence-electron chi connectivity index (χ4n) is 2.30. The van der Waals surface area contributed by atoms with Crippen LogP contribution in [-0.2, 0) is 4.74 Å². The highest BCUT2D eigenvalue weighted by molar-refractivity contribution is 9.10. The van der Waals surface area contributed by atoms with Crippen LogP contribution in [0, 0.1) is 10.1 Å². The molecule has 0 amide bonds. The van der Waals surface area contributed by atoms with Crippen molar-refractivity contribution < 1.29 is 28.7 Å². The van der Waals surface area contributed by atoms with Crippen LogP contribution < -0.4 is 9.47 Å². The normalized spacial score (nSPS) is 10.2. The lowest BCUT2D eigenvalue weighted by Crippen LogP contribution is -2.14. The van der Waals surface area contributed by atoms with Gasteiger partial charge in [0.25, 0.3) is 5.69 Å². The van der Waals surface area contributed by atoms with Gasteiger partial charge in [-0.3, -0.25) is 14.9 Å². The number of non-ortho nitro benzene ring substituents is 1. The summed E-state index contributed by atoms with van der Waals surface area (Å²) < 4.78 is 16.6. The number of Topliss-reactive ketones (excluding diaryl/α,β-unsaturated/α-hetero) is 1. The molecule has 0 aliphatic heterocycles. The van der Waals surface area contributed by atoms with Crippen molar-refractivity contribution in [3.8, 4) is 11.5 Å². The highest BCUT2D eigenvalue weighted by Gasteiger charge is 2.18. The summed E-state index contributed by atoms with van der Waals surface area (Å²) in [5.41, 5.74) is 0.271. The van der Waals surface area contributed by atoms with Gasteiger partial charge in [0.2, 0.25) is 0 Å². The number of carbonyl (C=O) groups excluding carboxylic acids is 2. The number of esters is 1. The molecule has 0 aliphatic rings.